The van der Waals surface area contributed by atoms with Gasteiger partial charge in [0.25, 0.3) is 0 Å². The van der Waals surface area contributed by atoms with Gasteiger partial charge in [0.05, 0.1) is 6.04 Å². The van der Waals surface area contributed by atoms with Gasteiger partial charge in [-0.2, -0.15) is 0 Å². The van der Waals surface area contributed by atoms with Gasteiger partial charge in [0, 0.05) is 6.54 Å². The van der Waals surface area contributed by atoms with Crippen LogP contribution in [0.2, 0.25) is 0 Å². The summed E-state index contributed by atoms with van der Waals surface area (Å²) in [6, 6.07) is 0.215. The predicted octanol–water partition coefficient (Wildman–Crippen LogP) is 0.754. The van der Waals surface area contributed by atoms with Crippen molar-refractivity contribution in [1.29, 1.82) is 0 Å². The van der Waals surface area contributed by atoms with Crippen LogP contribution in [0.3, 0.4) is 0 Å². The highest BCUT2D eigenvalue weighted by atomic mass is 15.5. The van der Waals surface area contributed by atoms with E-state index in [2.05, 4.69) is 27.8 Å². The van der Waals surface area contributed by atoms with Crippen LogP contribution in [0, 0.1) is 0 Å². The first-order valence-electron chi connectivity index (χ1n) is 4.73. The lowest BCUT2D eigenvalue weighted by atomic mass is 10.3. The van der Waals surface area contributed by atoms with Crippen molar-refractivity contribution in [3.63, 3.8) is 0 Å². The molecule has 0 aromatic carbocycles. The SMILES string of the molecule is CCCCn1nnnc1C(C)NC. The predicted molar refractivity (Wildman–Crippen MR) is 50.2 cm³/mol. The molecule has 0 amide bonds. The zero-order valence-corrected chi connectivity index (χ0v) is 8.49. The van der Waals surface area contributed by atoms with Gasteiger partial charge in [-0.3, -0.25) is 0 Å². The third-order valence-corrected chi connectivity index (χ3v) is 2.10. The summed E-state index contributed by atoms with van der Waals surface area (Å²) in [7, 11) is 1.91. The fourth-order valence-electron chi connectivity index (χ4n) is 1.12. The van der Waals surface area contributed by atoms with Crippen LogP contribution in [0.15, 0.2) is 0 Å². The lowest BCUT2D eigenvalue weighted by Gasteiger charge is -2.09. The highest BCUT2D eigenvalue weighted by molar-refractivity contribution is 4.88. The second-order valence-electron chi connectivity index (χ2n) is 3.12. The van der Waals surface area contributed by atoms with E-state index in [1.807, 2.05) is 18.7 Å². The molecule has 0 spiro atoms. The van der Waals surface area contributed by atoms with Gasteiger partial charge in [-0.15, -0.1) is 5.10 Å². The van der Waals surface area contributed by atoms with Crippen molar-refractivity contribution in [3.05, 3.63) is 5.82 Å². The molecule has 0 aliphatic carbocycles. The highest BCUT2D eigenvalue weighted by Gasteiger charge is 2.11. The second kappa shape index (κ2) is 4.91. The Labute approximate surface area is 78.5 Å². The molecule has 1 unspecified atom stereocenters. The molecule has 1 aromatic rings. The molecule has 74 valence electrons. The summed E-state index contributed by atoms with van der Waals surface area (Å²) in [5.41, 5.74) is 0. The van der Waals surface area contributed by atoms with E-state index in [0.717, 1.165) is 25.2 Å². The van der Waals surface area contributed by atoms with Crippen molar-refractivity contribution in [2.75, 3.05) is 7.05 Å². The minimum Gasteiger partial charge on any atom is -0.311 e. The maximum absolute atomic E-state index is 3.98. The number of nitrogens with one attached hydrogen (secondary N) is 1. The largest absolute Gasteiger partial charge is 0.311 e. The summed E-state index contributed by atoms with van der Waals surface area (Å²) in [5, 5.41) is 14.7. The Balaban J connectivity index is 2.65. The van der Waals surface area contributed by atoms with E-state index < -0.39 is 0 Å². The van der Waals surface area contributed by atoms with Crippen LogP contribution in [0.4, 0.5) is 0 Å². The number of unbranched alkanes of at least 4 members (excludes halogenated alkanes) is 1. The van der Waals surface area contributed by atoms with Crippen LogP contribution < -0.4 is 5.32 Å². The smallest absolute Gasteiger partial charge is 0.167 e. The zero-order valence-electron chi connectivity index (χ0n) is 8.49. The van der Waals surface area contributed by atoms with Crippen LogP contribution >= 0.6 is 0 Å². The van der Waals surface area contributed by atoms with Gasteiger partial charge >= 0.3 is 0 Å². The highest BCUT2D eigenvalue weighted by Crippen LogP contribution is 2.06. The summed E-state index contributed by atoms with van der Waals surface area (Å²) >= 11 is 0. The Kier molecular flexibility index (Phi) is 3.82. The monoisotopic (exact) mass is 183 g/mol. The molecule has 5 nitrogen and oxygen atoms in total. The molecule has 0 fully saturated rings. The molecule has 0 aliphatic heterocycles. The van der Waals surface area contributed by atoms with Gasteiger partial charge in [-0.1, -0.05) is 13.3 Å². The van der Waals surface area contributed by atoms with Crippen LogP contribution in [-0.2, 0) is 6.54 Å². The zero-order chi connectivity index (χ0) is 9.68. The van der Waals surface area contributed by atoms with Gasteiger partial charge in [-0.05, 0) is 30.8 Å². The average molecular weight is 183 g/mol. The van der Waals surface area contributed by atoms with E-state index >= 15 is 0 Å². The molecule has 0 saturated carbocycles. The molecular weight excluding hydrogens is 166 g/mol. The van der Waals surface area contributed by atoms with Gasteiger partial charge in [0.15, 0.2) is 5.82 Å². The van der Waals surface area contributed by atoms with Crippen molar-refractivity contribution in [1.82, 2.24) is 25.5 Å². The fraction of sp³-hybridized carbons (Fsp3) is 0.875. The topological polar surface area (TPSA) is 55.6 Å². The van der Waals surface area contributed by atoms with E-state index in [0.29, 0.717) is 0 Å². The molecular formula is C8H17N5. The van der Waals surface area contributed by atoms with Crippen LogP contribution in [0.5, 0.6) is 0 Å². The van der Waals surface area contributed by atoms with E-state index in [1.54, 1.807) is 0 Å². The van der Waals surface area contributed by atoms with E-state index in [-0.39, 0.29) is 6.04 Å². The normalized spacial score (nSPS) is 13.2. The van der Waals surface area contributed by atoms with Crippen LogP contribution in [0.1, 0.15) is 38.6 Å². The van der Waals surface area contributed by atoms with Gasteiger partial charge < -0.3 is 5.32 Å². The molecule has 1 N–H and O–H groups in total. The van der Waals surface area contributed by atoms with Crippen molar-refractivity contribution in [2.45, 2.75) is 39.3 Å². The first-order valence-corrected chi connectivity index (χ1v) is 4.73. The first kappa shape index (κ1) is 10.1. The minimum atomic E-state index is 0.215. The van der Waals surface area contributed by atoms with E-state index in [4.69, 9.17) is 0 Å². The lowest BCUT2D eigenvalue weighted by Crippen LogP contribution is -2.18. The summed E-state index contributed by atoms with van der Waals surface area (Å²) in [6.45, 7) is 5.12. The van der Waals surface area contributed by atoms with E-state index in [1.165, 1.54) is 0 Å². The molecule has 1 heterocycles. The molecule has 0 saturated heterocycles. The van der Waals surface area contributed by atoms with E-state index in [9.17, 15) is 0 Å². The molecule has 1 atom stereocenters. The third kappa shape index (κ3) is 2.48. The number of aryl methyl sites for hydroxylation is 1. The Morgan fingerprint density at radius 2 is 2.31 bits per heavy atom. The Morgan fingerprint density at radius 1 is 1.54 bits per heavy atom. The summed E-state index contributed by atoms with van der Waals surface area (Å²) in [6.07, 6.45) is 2.28. The Morgan fingerprint density at radius 3 is 2.92 bits per heavy atom. The third-order valence-electron chi connectivity index (χ3n) is 2.10. The molecule has 0 radical (unpaired) electrons. The molecule has 0 aliphatic rings. The number of tetrazole rings is 1. The number of aromatic nitrogens is 4. The minimum absolute atomic E-state index is 0.215. The maximum atomic E-state index is 3.98. The van der Waals surface area contributed by atoms with Gasteiger partial charge in [0.1, 0.15) is 0 Å². The number of rotatable bonds is 5. The Hall–Kier alpha value is -0.970. The number of hydrogen-bond acceptors (Lipinski definition) is 4. The molecule has 0 bridgehead atoms. The quantitative estimate of drug-likeness (QED) is 0.732. The molecule has 13 heavy (non-hydrogen) atoms. The van der Waals surface area contributed by atoms with Gasteiger partial charge in [-0.25, -0.2) is 4.68 Å². The lowest BCUT2D eigenvalue weighted by molar-refractivity contribution is 0.494. The second-order valence-corrected chi connectivity index (χ2v) is 3.12. The first-order chi connectivity index (χ1) is 6.29. The standard InChI is InChI=1S/C8H17N5/c1-4-5-6-13-8(7(2)9-3)10-11-12-13/h7,9H,4-6H2,1-3H3. The molecule has 1 rings (SSSR count). The average Bonchev–Trinajstić information content (AvgIpc) is 2.61. The van der Waals surface area contributed by atoms with Crippen molar-refractivity contribution in [2.24, 2.45) is 0 Å². The maximum Gasteiger partial charge on any atom is 0.167 e. The van der Waals surface area contributed by atoms with Crippen molar-refractivity contribution < 1.29 is 0 Å². The fourth-order valence-corrected chi connectivity index (χ4v) is 1.12. The molecule has 5 heteroatoms. The Bertz CT molecular complexity index is 244. The van der Waals surface area contributed by atoms with Crippen LogP contribution in [0.25, 0.3) is 0 Å². The van der Waals surface area contributed by atoms with Crippen LogP contribution in [-0.4, -0.2) is 27.3 Å². The molecule has 1 aromatic heterocycles. The number of hydrogen-bond donors (Lipinski definition) is 1. The summed E-state index contributed by atoms with van der Waals surface area (Å²) in [4.78, 5) is 0. The van der Waals surface area contributed by atoms with Crippen molar-refractivity contribution >= 4 is 0 Å². The van der Waals surface area contributed by atoms with Crippen molar-refractivity contribution in [3.8, 4) is 0 Å². The van der Waals surface area contributed by atoms with Gasteiger partial charge in [0.2, 0.25) is 0 Å². The number of nitrogens with zero attached hydrogens (tertiary/aromatic N) is 4. The summed E-state index contributed by atoms with van der Waals surface area (Å²) in [5.74, 6) is 0.913. The summed E-state index contributed by atoms with van der Waals surface area (Å²) < 4.78 is 1.87.